The van der Waals surface area contributed by atoms with Gasteiger partial charge in [-0.05, 0) is 31.8 Å². The lowest BCUT2D eigenvalue weighted by Crippen LogP contribution is -2.12. The van der Waals surface area contributed by atoms with Crippen LogP contribution in [0.4, 0.5) is 0 Å². The fourth-order valence-electron chi connectivity index (χ4n) is 1.60. The van der Waals surface area contributed by atoms with Crippen LogP contribution in [0.1, 0.15) is 39.0 Å². The second kappa shape index (κ2) is 7.91. The average molecular weight is 220 g/mol. The molecule has 0 aliphatic heterocycles. The molecule has 1 rings (SSSR count). The Morgan fingerprint density at radius 1 is 1.00 bits per heavy atom. The van der Waals surface area contributed by atoms with Crippen LogP contribution in [0.25, 0.3) is 0 Å². The Kier molecular flexibility index (Phi) is 6.31. The fraction of sp³-hybridized carbons (Fsp3) is 0.500. The minimum atomic E-state index is -0.213. The summed E-state index contributed by atoms with van der Waals surface area (Å²) < 4.78 is 5.20. The van der Waals surface area contributed by atoms with Crippen molar-refractivity contribution in [3.05, 3.63) is 36.5 Å². The number of carbonyl (C=O) groups excluding carboxylic acids is 1. The Hall–Kier alpha value is -1.31. The summed E-state index contributed by atoms with van der Waals surface area (Å²) in [5, 5.41) is 0. The Balaban J connectivity index is 2.53. The smallest absolute Gasteiger partial charge is 0.303 e. The van der Waals surface area contributed by atoms with E-state index in [4.69, 9.17) is 4.74 Å². The van der Waals surface area contributed by atoms with Gasteiger partial charge < -0.3 is 4.74 Å². The molecule has 2 nitrogen and oxygen atoms in total. The summed E-state index contributed by atoms with van der Waals surface area (Å²) in [4.78, 5) is 10.9. The lowest BCUT2D eigenvalue weighted by atomic mass is 10.1. The van der Waals surface area contributed by atoms with Crippen molar-refractivity contribution >= 4 is 5.97 Å². The molecule has 0 heterocycles. The van der Waals surface area contributed by atoms with E-state index in [2.05, 4.69) is 30.4 Å². The van der Waals surface area contributed by atoms with Crippen LogP contribution >= 0.6 is 0 Å². The van der Waals surface area contributed by atoms with E-state index in [1.807, 2.05) is 6.08 Å². The highest BCUT2D eigenvalue weighted by atomic mass is 16.5. The summed E-state index contributed by atoms with van der Waals surface area (Å²) in [6.45, 7) is 1.45. The maximum absolute atomic E-state index is 10.9. The number of esters is 1. The summed E-state index contributed by atoms with van der Waals surface area (Å²) in [7, 11) is 0. The maximum Gasteiger partial charge on any atom is 0.303 e. The van der Waals surface area contributed by atoms with Gasteiger partial charge in [0.15, 0.2) is 0 Å². The van der Waals surface area contributed by atoms with Crippen molar-refractivity contribution in [1.29, 1.82) is 0 Å². The first-order chi connectivity index (χ1) is 7.79. The minimum absolute atomic E-state index is 0.0999. The van der Waals surface area contributed by atoms with Gasteiger partial charge in [-0.15, -0.1) is 0 Å². The highest BCUT2D eigenvalue weighted by molar-refractivity contribution is 5.66. The van der Waals surface area contributed by atoms with E-state index in [0.29, 0.717) is 0 Å². The van der Waals surface area contributed by atoms with Crippen molar-refractivity contribution in [2.24, 2.45) is 0 Å². The second-order valence-corrected chi connectivity index (χ2v) is 3.91. The predicted molar refractivity (Wildman–Crippen MR) is 66.1 cm³/mol. The topological polar surface area (TPSA) is 26.3 Å². The second-order valence-electron chi connectivity index (χ2n) is 3.91. The van der Waals surface area contributed by atoms with E-state index < -0.39 is 0 Å². The van der Waals surface area contributed by atoms with E-state index in [1.165, 1.54) is 6.92 Å². The van der Waals surface area contributed by atoms with E-state index in [0.717, 1.165) is 32.1 Å². The highest BCUT2D eigenvalue weighted by Gasteiger charge is 2.05. The number of ether oxygens (including phenoxy) is 1. The highest BCUT2D eigenvalue weighted by Crippen LogP contribution is 2.07. The molecule has 0 spiro atoms. The molecule has 2 heteroatoms. The standard InChI is InChI=1S/C14H20O2/c1-13(15)16-14-11-9-7-5-3-2-4-6-8-10-12-14/h2-3,8-11,14H,4-7,12H2,1H3/b3-2-,10-8+,11-9+. The summed E-state index contributed by atoms with van der Waals surface area (Å²) in [5.41, 5.74) is 0. The third-order valence-electron chi connectivity index (χ3n) is 2.37. The third kappa shape index (κ3) is 6.23. The van der Waals surface area contributed by atoms with Gasteiger partial charge in [-0.3, -0.25) is 4.79 Å². The molecule has 0 aromatic carbocycles. The first kappa shape index (κ1) is 12.8. The van der Waals surface area contributed by atoms with Crippen LogP contribution in [-0.2, 0) is 9.53 Å². The van der Waals surface area contributed by atoms with Crippen molar-refractivity contribution in [2.45, 2.75) is 45.1 Å². The summed E-state index contributed by atoms with van der Waals surface area (Å²) in [5.74, 6) is -0.213. The fourth-order valence-corrected chi connectivity index (χ4v) is 1.60. The summed E-state index contributed by atoms with van der Waals surface area (Å²) in [6, 6.07) is 0. The zero-order valence-electron chi connectivity index (χ0n) is 9.89. The van der Waals surface area contributed by atoms with Crippen LogP contribution in [0.2, 0.25) is 0 Å². The molecule has 0 amide bonds. The molecule has 88 valence electrons. The Labute approximate surface area is 97.7 Å². The van der Waals surface area contributed by atoms with Gasteiger partial charge in [0.2, 0.25) is 0 Å². The van der Waals surface area contributed by atoms with E-state index in [9.17, 15) is 4.79 Å². The zero-order valence-corrected chi connectivity index (χ0v) is 9.89. The van der Waals surface area contributed by atoms with Gasteiger partial charge in [-0.1, -0.05) is 30.4 Å². The molecule has 0 N–H and O–H groups in total. The van der Waals surface area contributed by atoms with E-state index in [-0.39, 0.29) is 12.1 Å². The van der Waals surface area contributed by atoms with Crippen molar-refractivity contribution in [3.8, 4) is 0 Å². The molecule has 0 aromatic heterocycles. The molecule has 0 saturated carbocycles. The molecule has 1 unspecified atom stereocenters. The van der Waals surface area contributed by atoms with Crippen LogP contribution in [0, 0.1) is 0 Å². The molecule has 0 aromatic rings. The lowest BCUT2D eigenvalue weighted by molar-refractivity contribution is -0.143. The summed E-state index contributed by atoms with van der Waals surface area (Å²) >= 11 is 0. The van der Waals surface area contributed by atoms with Crippen LogP contribution < -0.4 is 0 Å². The molecule has 0 saturated heterocycles. The molecule has 16 heavy (non-hydrogen) atoms. The van der Waals surface area contributed by atoms with Crippen molar-refractivity contribution in [1.82, 2.24) is 0 Å². The Morgan fingerprint density at radius 3 is 2.19 bits per heavy atom. The Bertz CT molecular complexity index is 287. The quantitative estimate of drug-likeness (QED) is 0.499. The van der Waals surface area contributed by atoms with Gasteiger partial charge >= 0.3 is 5.97 Å². The van der Waals surface area contributed by atoms with Crippen LogP contribution in [0.15, 0.2) is 36.5 Å². The number of allylic oxidation sites excluding steroid dienone is 4. The van der Waals surface area contributed by atoms with Crippen molar-refractivity contribution in [2.75, 3.05) is 0 Å². The molecule has 0 bridgehead atoms. The number of rotatable bonds is 1. The molecular formula is C14H20O2. The van der Waals surface area contributed by atoms with Gasteiger partial charge in [-0.2, -0.15) is 0 Å². The van der Waals surface area contributed by atoms with Crippen LogP contribution in [0.5, 0.6) is 0 Å². The lowest BCUT2D eigenvalue weighted by Gasteiger charge is -2.10. The number of hydrogen-bond acceptors (Lipinski definition) is 2. The van der Waals surface area contributed by atoms with Crippen LogP contribution in [-0.4, -0.2) is 12.1 Å². The molecule has 0 fully saturated rings. The number of hydrogen-bond donors (Lipinski definition) is 0. The molecule has 1 atom stereocenters. The monoisotopic (exact) mass is 220 g/mol. The van der Waals surface area contributed by atoms with Crippen molar-refractivity contribution < 1.29 is 9.53 Å². The van der Waals surface area contributed by atoms with Crippen LogP contribution in [0.3, 0.4) is 0 Å². The van der Waals surface area contributed by atoms with Gasteiger partial charge in [-0.25, -0.2) is 0 Å². The maximum atomic E-state index is 10.9. The predicted octanol–water partition coefficient (Wildman–Crippen LogP) is 3.55. The van der Waals surface area contributed by atoms with E-state index >= 15 is 0 Å². The average Bonchev–Trinajstić information content (AvgIpc) is 2.21. The third-order valence-corrected chi connectivity index (χ3v) is 2.37. The van der Waals surface area contributed by atoms with Gasteiger partial charge in [0.1, 0.15) is 6.10 Å². The van der Waals surface area contributed by atoms with E-state index in [1.54, 1.807) is 0 Å². The first-order valence-electron chi connectivity index (χ1n) is 5.93. The van der Waals surface area contributed by atoms with Gasteiger partial charge in [0, 0.05) is 13.3 Å². The Morgan fingerprint density at radius 2 is 1.56 bits per heavy atom. The normalized spacial score (nSPS) is 28.2. The largest absolute Gasteiger partial charge is 0.458 e. The first-order valence-corrected chi connectivity index (χ1v) is 5.93. The van der Waals surface area contributed by atoms with Gasteiger partial charge in [0.25, 0.3) is 0 Å². The number of carbonyl (C=O) groups is 1. The zero-order chi connectivity index (χ0) is 11.6. The minimum Gasteiger partial charge on any atom is -0.458 e. The molecule has 1 aliphatic carbocycles. The summed E-state index contributed by atoms with van der Waals surface area (Å²) in [6.07, 6.45) is 17.7. The SMILES string of the molecule is CC(=O)OC1/C=C/CC/C=C\CC/C=C/C1. The molecule has 1 aliphatic rings. The van der Waals surface area contributed by atoms with Crippen molar-refractivity contribution in [3.63, 3.8) is 0 Å². The van der Waals surface area contributed by atoms with Gasteiger partial charge in [0.05, 0.1) is 0 Å². The molecule has 0 radical (unpaired) electrons. The molecular weight excluding hydrogens is 200 g/mol.